The van der Waals surface area contributed by atoms with Gasteiger partial charge in [-0.1, -0.05) is 24.6 Å². The van der Waals surface area contributed by atoms with Crippen LogP contribution in [0.1, 0.15) is 60.6 Å². The first-order chi connectivity index (χ1) is 15.1. The molecule has 1 aromatic carbocycles. The monoisotopic (exact) mass is 421 g/mol. The quantitative estimate of drug-likeness (QED) is 0.544. The lowest BCUT2D eigenvalue weighted by molar-refractivity contribution is 0.0690. The Kier molecular flexibility index (Phi) is 5.14. The van der Waals surface area contributed by atoms with E-state index in [0.717, 1.165) is 48.9 Å². The number of para-hydroxylation sites is 1. The lowest BCUT2D eigenvalue weighted by atomic mass is 9.82. The highest BCUT2D eigenvalue weighted by atomic mass is 16.5. The molecule has 1 N–H and O–H groups in total. The molecule has 0 radical (unpaired) electrons. The molecule has 0 saturated heterocycles. The van der Waals surface area contributed by atoms with E-state index in [1.165, 1.54) is 6.42 Å². The Bertz CT molecular complexity index is 1100. The van der Waals surface area contributed by atoms with Crippen LogP contribution in [0.5, 0.6) is 5.75 Å². The van der Waals surface area contributed by atoms with Crippen molar-refractivity contribution in [2.75, 3.05) is 20.3 Å². The minimum absolute atomic E-state index is 0.0264. The molecule has 0 bridgehead atoms. The fraction of sp³-hybridized carbons (Fsp3) is 0.458. The van der Waals surface area contributed by atoms with E-state index in [-0.39, 0.29) is 11.1 Å². The normalized spacial score (nSPS) is 17.5. The zero-order valence-electron chi connectivity index (χ0n) is 17.7. The molecular weight excluding hydrogens is 394 g/mol. The number of fused-ring (bicyclic) bond motifs is 1. The van der Waals surface area contributed by atoms with E-state index in [2.05, 4.69) is 4.98 Å². The van der Waals surface area contributed by atoms with Gasteiger partial charge in [-0.2, -0.15) is 5.10 Å². The first-order valence-corrected chi connectivity index (χ1v) is 10.9. The molecule has 0 amide bonds. The number of ether oxygens (including phenoxy) is 2. The topological polar surface area (TPSA) is 86.5 Å². The zero-order valence-corrected chi connectivity index (χ0v) is 17.7. The van der Waals surface area contributed by atoms with Gasteiger partial charge in [0.25, 0.3) is 0 Å². The third-order valence-corrected chi connectivity index (χ3v) is 6.67. The van der Waals surface area contributed by atoms with Crippen LogP contribution < -0.4 is 4.74 Å². The van der Waals surface area contributed by atoms with E-state index in [1.54, 1.807) is 17.9 Å². The summed E-state index contributed by atoms with van der Waals surface area (Å²) < 4.78 is 13.4. The number of methoxy groups -OCH3 is 1. The van der Waals surface area contributed by atoms with E-state index in [4.69, 9.17) is 14.6 Å². The Morgan fingerprint density at radius 1 is 1.26 bits per heavy atom. The van der Waals surface area contributed by atoms with Gasteiger partial charge in [-0.15, -0.1) is 0 Å². The van der Waals surface area contributed by atoms with Gasteiger partial charge < -0.3 is 14.6 Å². The number of carbonyl (C=O) groups is 1. The molecule has 7 heteroatoms. The fourth-order valence-corrected chi connectivity index (χ4v) is 4.24. The molecule has 162 valence electrons. The molecule has 2 fully saturated rings. The zero-order chi connectivity index (χ0) is 21.4. The van der Waals surface area contributed by atoms with Crippen molar-refractivity contribution in [1.82, 2.24) is 14.8 Å². The van der Waals surface area contributed by atoms with Crippen LogP contribution in [0.4, 0.5) is 0 Å². The molecule has 3 aromatic rings. The van der Waals surface area contributed by atoms with Gasteiger partial charge >= 0.3 is 5.97 Å². The smallest absolute Gasteiger partial charge is 0.354 e. The predicted molar refractivity (Wildman–Crippen MR) is 116 cm³/mol. The number of benzene rings is 1. The summed E-state index contributed by atoms with van der Waals surface area (Å²) in [6.45, 7) is 1.25. The molecule has 31 heavy (non-hydrogen) atoms. The second-order valence-electron chi connectivity index (χ2n) is 8.80. The number of rotatable bonds is 9. The number of aromatic nitrogens is 3. The molecule has 2 aromatic heterocycles. The third-order valence-electron chi connectivity index (χ3n) is 6.67. The summed E-state index contributed by atoms with van der Waals surface area (Å²) >= 11 is 0. The Labute approximate surface area is 181 Å². The van der Waals surface area contributed by atoms with Crippen LogP contribution in [-0.4, -0.2) is 46.2 Å². The maximum absolute atomic E-state index is 11.8. The summed E-state index contributed by atoms with van der Waals surface area (Å²) in [6, 6.07) is 11.3. The summed E-state index contributed by atoms with van der Waals surface area (Å²) in [5.41, 5.74) is 2.47. The van der Waals surface area contributed by atoms with E-state index >= 15 is 0 Å². The van der Waals surface area contributed by atoms with Crippen molar-refractivity contribution >= 4 is 17.0 Å². The number of nitrogens with zero attached hydrogens (tertiary/aromatic N) is 3. The second-order valence-corrected chi connectivity index (χ2v) is 8.80. The molecule has 2 aliphatic rings. The summed E-state index contributed by atoms with van der Waals surface area (Å²) in [5, 5.41) is 15.5. The van der Waals surface area contributed by atoms with Gasteiger partial charge in [-0.05, 0) is 44.2 Å². The summed E-state index contributed by atoms with van der Waals surface area (Å²) in [7, 11) is 1.71. The Hall–Kier alpha value is -2.93. The number of carboxylic acids is 1. The van der Waals surface area contributed by atoms with Crippen molar-refractivity contribution in [3.05, 3.63) is 47.8 Å². The average molecular weight is 421 g/mol. The minimum atomic E-state index is -1.07. The summed E-state index contributed by atoms with van der Waals surface area (Å²) in [6.07, 6.45) is 6.51. The van der Waals surface area contributed by atoms with Crippen LogP contribution in [0, 0.1) is 5.41 Å². The molecule has 7 nitrogen and oxygen atoms in total. The minimum Gasteiger partial charge on any atom is -0.492 e. The van der Waals surface area contributed by atoms with Gasteiger partial charge in [-0.25, -0.2) is 14.5 Å². The number of hydrogen-bond donors (Lipinski definition) is 1. The molecule has 5 rings (SSSR count). The van der Waals surface area contributed by atoms with Crippen LogP contribution in [0.25, 0.3) is 16.7 Å². The number of carboxylic acid groups (broad SMARTS) is 1. The van der Waals surface area contributed by atoms with Crippen LogP contribution >= 0.6 is 0 Å². The number of aromatic carboxylic acids is 1. The highest BCUT2D eigenvalue weighted by Crippen LogP contribution is 2.50. The molecule has 0 unspecified atom stereocenters. The number of hydrogen-bond acceptors (Lipinski definition) is 5. The highest BCUT2D eigenvalue weighted by Gasteiger charge is 2.43. The number of pyridine rings is 1. The van der Waals surface area contributed by atoms with Crippen molar-refractivity contribution in [3.63, 3.8) is 0 Å². The Balaban J connectivity index is 1.61. The molecule has 0 aliphatic heterocycles. The molecule has 2 saturated carbocycles. The van der Waals surface area contributed by atoms with Crippen molar-refractivity contribution in [3.8, 4) is 11.4 Å². The standard InChI is InChI=1S/C24H27N3O4/c1-30-13-12-24(10-11-24)15-31-19-14-18(23(28)29)25-22-20(19)21(16-6-5-7-16)26-27(22)17-8-3-2-4-9-17/h2-4,8-9,14,16H,5-7,10-13,15H2,1H3,(H,28,29). The lowest BCUT2D eigenvalue weighted by Gasteiger charge is -2.24. The highest BCUT2D eigenvalue weighted by molar-refractivity contribution is 5.94. The van der Waals surface area contributed by atoms with Gasteiger partial charge in [0.2, 0.25) is 0 Å². The molecule has 0 atom stereocenters. The molecule has 0 spiro atoms. The fourth-order valence-electron chi connectivity index (χ4n) is 4.24. The Morgan fingerprint density at radius 2 is 2.03 bits per heavy atom. The maximum atomic E-state index is 11.8. The van der Waals surface area contributed by atoms with Crippen LogP contribution in [-0.2, 0) is 4.74 Å². The van der Waals surface area contributed by atoms with Crippen molar-refractivity contribution in [2.24, 2.45) is 5.41 Å². The predicted octanol–water partition coefficient (Wildman–Crippen LogP) is 4.58. The van der Waals surface area contributed by atoms with Crippen molar-refractivity contribution in [1.29, 1.82) is 0 Å². The van der Waals surface area contributed by atoms with Crippen LogP contribution in [0.3, 0.4) is 0 Å². The second kappa shape index (κ2) is 7.96. The largest absolute Gasteiger partial charge is 0.492 e. The molecular formula is C24H27N3O4. The van der Waals surface area contributed by atoms with Gasteiger partial charge in [0.05, 0.1) is 23.4 Å². The lowest BCUT2D eigenvalue weighted by Crippen LogP contribution is -2.16. The van der Waals surface area contributed by atoms with E-state index in [0.29, 0.717) is 30.5 Å². The van der Waals surface area contributed by atoms with E-state index in [1.807, 2.05) is 30.3 Å². The molecule has 2 aliphatic carbocycles. The summed E-state index contributed by atoms with van der Waals surface area (Å²) in [4.78, 5) is 16.3. The van der Waals surface area contributed by atoms with Crippen molar-refractivity contribution < 1.29 is 19.4 Å². The van der Waals surface area contributed by atoms with Crippen LogP contribution in [0.2, 0.25) is 0 Å². The SMILES string of the molecule is COCCC1(COc2cc(C(=O)O)nc3c2c(C2CCC2)nn3-c2ccccc2)CC1. The Morgan fingerprint density at radius 3 is 2.65 bits per heavy atom. The first kappa shape index (κ1) is 20.0. The van der Waals surface area contributed by atoms with E-state index in [9.17, 15) is 9.90 Å². The third kappa shape index (κ3) is 3.78. The van der Waals surface area contributed by atoms with E-state index < -0.39 is 5.97 Å². The van der Waals surface area contributed by atoms with Gasteiger partial charge in [0, 0.05) is 31.1 Å². The van der Waals surface area contributed by atoms with Gasteiger partial charge in [-0.3, -0.25) is 0 Å². The van der Waals surface area contributed by atoms with Crippen molar-refractivity contribution in [2.45, 2.75) is 44.4 Å². The van der Waals surface area contributed by atoms with Crippen LogP contribution in [0.15, 0.2) is 36.4 Å². The maximum Gasteiger partial charge on any atom is 0.354 e. The first-order valence-electron chi connectivity index (χ1n) is 10.9. The average Bonchev–Trinajstić information content (AvgIpc) is 3.43. The summed E-state index contributed by atoms with van der Waals surface area (Å²) in [5.74, 6) is -0.135. The van der Waals surface area contributed by atoms with Gasteiger partial charge in [0.1, 0.15) is 5.75 Å². The van der Waals surface area contributed by atoms with Gasteiger partial charge in [0.15, 0.2) is 11.3 Å². The molecule has 2 heterocycles.